The Morgan fingerprint density at radius 1 is 1.03 bits per heavy atom. The Labute approximate surface area is 212 Å². The van der Waals surface area contributed by atoms with Crippen molar-refractivity contribution in [3.8, 4) is 5.75 Å². The lowest BCUT2D eigenvalue weighted by Gasteiger charge is -2.23. The number of hydrogen-bond acceptors (Lipinski definition) is 6. The van der Waals surface area contributed by atoms with Crippen molar-refractivity contribution in [2.24, 2.45) is 0 Å². The first-order valence-corrected chi connectivity index (χ1v) is 12.7. The second kappa shape index (κ2) is 8.31. The molecule has 0 unspecified atom stereocenters. The molecule has 1 N–H and O–H groups in total. The maximum Gasteiger partial charge on any atom is 0.301 e. The highest BCUT2D eigenvalue weighted by atomic mass is 32.1. The van der Waals surface area contributed by atoms with Gasteiger partial charge >= 0.3 is 5.91 Å². The number of carbonyl (C=O) groups excluding carboxylic acids is 2. The molecule has 180 valence electrons. The van der Waals surface area contributed by atoms with E-state index in [0.29, 0.717) is 10.7 Å². The predicted molar refractivity (Wildman–Crippen MR) is 141 cm³/mol. The zero-order chi connectivity index (χ0) is 25.1. The third-order valence-corrected chi connectivity index (χ3v) is 7.76. The van der Waals surface area contributed by atoms with Crippen LogP contribution in [0.3, 0.4) is 0 Å². The largest absolute Gasteiger partial charge is 0.507 e. The molecule has 1 saturated heterocycles. The third-order valence-electron chi connectivity index (χ3n) is 6.75. The van der Waals surface area contributed by atoms with Crippen molar-refractivity contribution in [3.63, 3.8) is 0 Å². The maximum atomic E-state index is 13.5. The van der Waals surface area contributed by atoms with Gasteiger partial charge in [0.25, 0.3) is 5.78 Å². The van der Waals surface area contributed by atoms with Crippen LogP contribution in [-0.2, 0) is 16.0 Å². The molecular formula is C29H24N2O4S. The summed E-state index contributed by atoms with van der Waals surface area (Å²) in [6, 6.07) is 18.1. The van der Waals surface area contributed by atoms with Crippen molar-refractivity contribution in [2.75, 3.05) is 4.90 Å². The number of fused-ring (bicyclic) bond motifs is 2. The van der Waals surface area contributed by atoms with Crippen molar-refractivity contribution in [3.05, 3.63) is 94.1 Å². The van der Waals surface area contributed by atoms with Crippen LogP contribution in [0, 0.1) is 13.8 Å². The van der Waals surface area contributed by atoms with Crippen LogP contribution in [0.25, 0.3) is 16.0 Å². The molecule has 3 heterocycles. The summed E-state index contributed by atoms with van der Waals surface area (Å²) in [5, 5.41) is 11.9. The summed E-state index contributed by atoms with van der Waals surface area (Å²) in [7, 11) is 0. The fraction of sp³-hybridized carbons (Fsp3) is 0.207. The second-order valence-corrected chi connectivity index (χ2v) is 10.5. The van der Waals surface area contributed by atoms with Crippen LogP contribution in [0.5, 0.6) is 5.75 Å². The fourth-order valence-electron chi connectivity index (χ4n) is 4.94. The van der Waals surface area contributed by atoms with Crippen LogP contribution >= 0.6 is 11.3 Å². The van der Waals surface area contributed by atoms with Crippen LogP contribution in [0.4, 0.5) is 5.13 Å². The fourth-order valence-corrected chi connectivity index (χ4v) is 6.03. The SMILES string of the molecule is Cc1ccc([C@H]2C(=C(O)c3ccc4c(c3)C[C@@H](C)O4)C(=O)C(=O)N2c2nc3ccc(C)cc3s2)cc1. The van der Waals surface area contributed by atoms with E-state index in [9.17, 15) is 14.7 Å². The van der Waals surface area contributed by atoms with Crippen molar-refractivity contribution >= 4 is 44.1 Å². The van der Waals surface area contributed by atoms with Gasteiger partial charge in [0.15, 0.2) is 5.13 Å². The van der Waals surface area contributed by atoms with Crippen molar-refractivity contribution in [1.29, 1.82) is 0 Å². The Balaban J connectivity index is 1.53. The van der Waals surface area contributed by atoms with Gasteiger partial charge in [-0.2, -0.15) is 0 Å². The first-order valence-electron chi connectivity index (χ1n) is 11.8. The molecule has 3 aromatic carbocycles. The van der Waals surface area contributed by atoms with Gasteiger partial charge in [0, 0.05) is 12.0 Å². The molecule has 0 bridgehead atoms. The summed E-state index contributed by atoms with van der Waals surface area (Å²) in [6.45, 7) is 5.96. The number of thiazole rings is 1. The average molecular weight is 497 g/mol. The smallest absolute Gasteiger partial charge is 0.301 e. The number of aromatic nitrogens is 1. The number of hydrogen-bond donors (Lipinski definition) is 1. The first-order chi connectivity index (χ1) is 17.3. The van der Waals surface area contributed by atoms with Crippen molar-refractivity contribution < 1.29 is 19.4 Å². The molecule has 0 aliphatic carbocycles. The molecule has 2 atom stereocenters. The molecular weight excluding hydrogens is 472 g/mol. The van der Waals surface area contributed by atoms with E-state index in [1.807, 2.05) is 69.3 Å². The minimum Gasteiger partial charge on any atom is -0.507 e. The lowest BCUT2D eigenvalue weighted by Crippen LogP contribution is -2.29. The maximum absolute atomic E-state index is 13.5. The Morgan fingerprint density at radius 3 is 2.56 bits per heavy atom. The molecule has 2 aliphatic rings. The summed E-state index contributed by atoms with van der Waals surface area (Å²) in [6.07, 6.45) is 0.773. The molecule has 7 heteroatoms. The highest BCUT2D eigenvalue weighted by Crippen LogP contribution is 2.45. The molecule has 2 aliphatic heterocycles. The summed E-state index contributed by atoms with van der Waals surface area (Å²) in [4.78, 5) is 33.0. The highest BCUT2D eigenvalue weighted by Gasteiger charge is 2.48. The van der Waals surface area contributed by atoms with Gasteiger partial charge in [0.1, 0.15) is 17.6 Å². The molecule has 36 heavy (non-hydrogen) atoms. The van der Waals surface area contributed by atoms with Gasteiger partial charge in [-0.05, 0) is 67.8 Å². The van der Waals surface area contributed by atoms with Gasteiger partial charge in [0.05, 0.1) is 21.8 Å². The molecule has 4 aromatic rings. The number of anilines is 1. The van der Waals surface area contributed by atoms with Gasteiger partial charge < -0.3 is 9.84 Å². The minimum absolute atomic E-state index is 0.0539. The zero-order valence-electron chi connectivity index (χ0n) is 20.1. The van der Waals surface area contributed by atoms with Crippen LogP contribution < -0.4 is 9.64 Å². The summed E-state index contributed by atoms with van der Waals surface area (Å²) >= 11 is 1.36. The Morgan fingerprint density at radius 2 is 1.78 bits per heavy atom. The van der Waals surface area contributed by atoms with Crippen molar-refractivity contribution in [1.82, 2.24) is 4.98 Å². The van der Waals surface area contributed by atoms with Gasteiger partial charge in [-0.3, -0.25) is 14.5 Å². The topological polar surface area (TPSA) is 79.7 Å². The monoisotopic (exact) mass is 496 g/mol. The summed E-state index contributed by atoms with van der Waals surface area (Å²) < 4.78 is 6.72. The predicted octanol–water partition coefficient (Wildman–Crippen LogP) is 5.86. The summed E-state index contributed by atoms with van der Waals surface area (Å²) in [5.74, 6) is -0.838. The first kappa shape index (κ1) is 22.5. The van der Waals surface area contributed by atoms with Gasteiger partial charge in [-0.25, -0.2) is 4.98 Å². The quantitative estimate of drug-likeness (QED) is 0.218. The number of Topliss-reactive ketones (excluding diaryl/α,β-unsaturated/α-hetero) is 1. The lowest BCUT2D eigenvalue weighted by molar-refractivity contribution is -0.132. The van der Waals surface area contributed by atoms with Crippen LogP contribution in [0.15, 0.2) is 66.2 Å². The molecule has 1 fully saturated rings. The number of aliphatic hydroxyl groups excluding tert-OH is 1. The Kier molecular flexibility index (Phi) is 5.19. The number of carbonyl (C=O) groups is 2. The van der Waals surface area contributed by atoms with Gasteiger partial charge in [-0.1, -0.05) is 47.2 Å². The van der Waals surface area contributed by atoms with Gasteiger partial charge in [0.2, 0.25) is 0 Å². The zero-order valence-corrected chi connectivity index (χ0v) is 20.9. The van der Waals surface area contributed by atoms with Crippen LogP contribution in [0.1, 0.15) is 40.8 Å². The van der Waals surface area contributed by atoms with Gasteiger partial charge in [-0.15, -0.1) is 0 Å². The van der Waals surface area contributed by atoms with Crippen molar-refractivity contribution in [2.45, 2.75) is 39.3 Å². The van der Waals surface area contributed by atoms with E-state index in [-0.39, 0.29) is 17.4 Å². The number of ketones is 1. The number of rotatable bonds is 3. The number of ether oxygens (including phenoxy) is 1. The molecule has 0 radical (unpaired) electrons. The third kappa shape index (κ3) is 3.58. The number of aryl methyl sites for hydroxylation is 2. The molecule has 1 aromatic heterocycles. The summed E-state index contributed by atoms with van der Waals surface area (Å²) in [5.41, 5.74) is 5.15. The lowest BCUT2D eigenvalue weighted by atomic mass is 9.94. The number of aliphatic hydroxyl groups is 1. The second-order valence-electron chi connectivity index (χ2n) is 9.50. The average Bonchev–Trinajstić information content (AvgIpc) is 3.51. The molecule has 0 saturated carbocycles. The molecule has 0 spiro atoms. The van der Waals surface area contributed by atoms with Crippen LogP contribution in [0.2, 0.25) is 0 Å². The molecule has 6 rings (SSSR count). The van der Waals surface area contributed by atoms with E-state index in [0.717, 1.165) is 44.6 Å². The van der Waals surface area contributed by atoms with E-state index in [1.54, 1.807) is 12.1 Å². The van der Waals surface area contributed by atoms with Crippen LogP contribution in [-0.4, -0.2) is 27.9 Å². The van der Waals surface area contributed by atoms with E-state index in [2.05, 4.69) is 4.98 Å². The number of benzene rings is 3. The standard InChI is InChI=1S/C29H24N2O4S/c1-15-4-7-18(8-5-15)25-24(26(32)19-9-11-22-20(14-19)13-17(3)35-22)27(33)28(34)31(25)29-30-21-10-6-16(2)12-23(21)36-29/h4-12,14,17,25,32H,13H2,1-3H3/t17-,25+/m1/s1. The normalized spacial score (nSPS) is 20.7. The minimum atomic E-state index is -0.796. The number of nitrogens with zero attached hydrogens (tertiary/aromatic N) is 2. The molecule has 6 nitrogen and oxygen atoms in total. The van der Waals surface area contributed by atoms with E-state index >= 15 is 0 Å². The highest BCUT2D eigenvalue weighted by molar-refractivity contribution is 7.22. The molecule has 1 amide bonds. The Hall–Kier alpha value is -3.97. The van der Waals surface area contributed by atoms with E-state index in [4.69, 9.17) is 4.74 Å². The van der Waals surface area contributed by atoms with E-state index in [1.165, 1.54) is 16.2 Å². The Bertz CT molecular complexity index is 1580. The number of amides is 1. The van der Waals surface area contributed by atoms with E-state index < -0.39 is 17.7 Å².